The largest absolute Gasteiger partial charge is 0.502 e. The summed E-state index contributed by atoms with van der Waals surface area (Å²) < 4.78 is 5.70. The van der Waals surface area contributed by atoms with Crippen LogP contribution in [0.5, 0.6) is 0 Å². The SMILES string of the molecule is CC1=C(O)C(=O)C(c2ccc(Cl)cc2)(N2CCCC2=O)O1. The van der Waals surface area contributed by atoms with Crippen molar-refractivity contribution in [3.63, 3.8) is 0 Å². The van der Waals surface area contributed by atoms with E-state index in [1.165, 1.54) is 11.8 Å². The third-order valence-corrected chi connectivity index (χ3v) is 4.10. The molecule has 1 aromatic rings. The maximum absolute atomic E-state index is 12.6. The zero-order valence-corrected chi connectivity index (χ0v) is 12.2. The van der Waals surface area contributed by atoms with Crippen molar-refractivity contribution in [1.29, 1.82) is 0 Å². The number of amides is 1. The van der Waals surface area contributed by atoms with E-state index in [4.69, 9.17) is 16.3 Å². The third-order valence-electron chi connectivity index (χ3n) is 3.85. The Kier molecular flexibility index (Phi) is 3.17. The highest BCUT2D eigenvalue weighted by atomic mass is 35.5. The molecule has 3 rings (SSSR count). The smallest absolute Gasteiger partial charge is 0.278 e. The molecule has 0 aliphatic carbocycles. The van der Waals surface area contributed by atoms with E-state index in [-0.39, 0.29) is 11.7 Å². The van der Waals surface area contributed by atoms with Crippen LogP contribution in [0.4, 0.5) is 0 Å². The summed E-state index contributed by atoms with van der Waals surface area (Å²) in [5, 5.41) is 10.4. The molecule has 1 atom stereocenters. The first-order valence-corrected chi connectivity index (χ1v) is 7.05. The van der Waals surface area contributed by atoms with Gasteiger partial charge in [0.25, 0.3) is 11.5 Å². The second-order valence-corrected chi connectivity index (χ2v) is 5.57. The molecule has 0 bridgehead atoms. The van der Waals surface area contributed by atoms with Gasteiger partial charge in [-0.1, -0.05) is 23.7 Å². The monoisotopic (exact) mass is 307 g/mol. The van der Waals surface area contributed by atoms with E-state index in [9.17, 15) is 14.7 Å². The van der Waals surface area contributed by atoms with Gasteiger partial charge in [0.05, 0.1) is 0 Å². The molecule has 2 aliphatic rings. The first-order valence-electron chi connectivity index (χ1n) is 6.67. The molecule has 1 unspecified atom stereocenters. The molecule has 2 heterocycles. The van der Waals surface area contributed by atoms with Gasteiger partial charge in [-0.3, -0.25) is 14.5 Å². The van der Waals surface area contributed by atoms with E-state index in [1.54, 1.807) is 24.3 Å². The van der Waals surface area contributed by atoms with Gasteiger partial charge < -0.3 is 9.84 Å². The summed E-state index contributed by atoms with van der Waals surface area (Å²) in [7, 11) is 0. The van der Waals surface area contributed by atoms with Crippen LogP contribution in [0.15, 0.2) is 35.8 Å². The van der Waals surface area contributed by atoms with Crippen molar-refractivity contribution in [2.75, 3.05) is 6.54 Å². The lowest BCUT2D eigenvalue weighted by Crippen LogP contribution is -2.52. The molecule has 1 amide bonds. The molecule has 1 fully saturated rings. The minimum absolute atomic E-state index is 0.120. The Morgan fingerprint density at radius 2 is 1.95 bits per heavy atom. The molecule has 0 aromatic heterocycles. The molecule has 0 radical (unpaired) electrons. The van der Waals surface area contributed by atoms with Gasteiger partial charge in [0.1, 0.15) is 5.76 Å². The van der Waals surface area contributed by atoms with E-state index >= 15 is 0 Å². The topological polar surface area (TPSA) is 66.8 Å². The molecule has 5 nitrogen and oxygen atoms in total. The number of halogens is 1. The summed E-state index contributed by atoms with van der Waals surface area (Å²) in [5.41, 5.74) is -1.12. The van der Waals surface area contributed by atoms with Crippen molar-refractivity contribution >= 4 is 23.3 Å². The summed E-state index contributed by atoms with van der Waals surface area (Å²) in [4.78, 5) is 26.1. The Bertz CT molecular complexity index is 652. The number of hydrogen-bond donors (Lipinski definition) is 1. The number of aliphatic hydroxyl groups excluding tert-OH is 1. The third kappa shape index (κ3) is 1.92. The van der Waals surface area contributed by atoms with Crippen LogP contribution < -0.4 is 0 Å². The number of Topliss-reactive ketones (excluding diaryl/α,β-unsaturated/α-hetero) is 1. The number of allylic oxidation sites excluding steroid dienone is 1. The first-order chi connectivity index (χ1) is 9.96. The fourth-order valence-corrected chi connectivity index (χ4v) is 2.94. The van der Waals surface area contributed by atoms with Gasteiger partial charge in [0.2, 0.25) is 11.7 Å². The van der Waals surface area contributed by atoms with Crippen LogP contribution in [0.25, 0.3) is 0 Å². The molecule has 0 spiro atoms. The van der Waals surface area contributed by atoms with Crippen LogP contribution in [0.3, 0.4) is 0 Å². The quantitative estimate of drug-likeness (QED) is 0.911. The Balaban J connectivity index is 2.15. The Morgan fingerprint density at radius 3 is 2.43 bits per heavy atom. The van der Waals surface area contributed by atoms with Crippen LogP contribution in [-0.4, -0.2) is 28.2 Å². The fourth-order valence-electron chi connectivity index (χ4n) is 2.82. The van der Waals surface area contributed by atoms with E-state index in [0.717, 1.165) is 0 Å². The lowest BCUT2D eigenvalue weighted by atomic mass is 9.96. The van der Waals surface area contributed by atoms with Gasteiger partial charge in [-0.05, 0) is 25.5 Å². The summed E-state index contributed by atoms with van der Waals surface area (Å²) >= 11 is 5.88. The van der Waals surface area contributed by atoms with Gasteiger partial charge >= 0.3 is 0 Å². The summed E-state index contributed by atoms with van der Waals surface area (Å²) in [5.74, 6) is -1.10. The van der Waals surface area contributed by atoms with Crippen molar-refractivity contribution in [3.8, 4) is 0 Å². The number of ketones is 1. The Hall–Kier alpha value is -2.01. The van der Waals surface area contributed by atoms with E-state index in [1.807, 2.05) is 0 Å². The van der Waals surface area contributed by atoms with Gasteiger partial charge in [-0.2, -0.15) is 0 Å². The van der Waals surface area contributed by atoms with Crippen LogP contribution in [0.2, 0.25) is 5.02 Å². The first kappa shape index (κ1) is 13.9. The molecule has 1 N–H and O–H groups in total. The number of likely N-dealkylation sites (tertiary alicyclic amines) is 1. The van der Waals surface area contributed by atoms with Crippen LogP contribution in [0.1, 0.15) is 25.3 Å². The number of rotatable bonds is 2. The second kappa shape index (κ2) is 4.77. The van der Waals surface area contributed by atoms with Crippen LogP contribution in [0, 0.1) is 0 Å². The molecule has 110 valence electrons. The molecule has 2 aliphatic heterocycles. The maximum Gasteiger partial charge on any atom is 0.278 e. The molecule has 6 heteroatoms. The van der Waals surface area contributed by atoms with Gasteiger partial charge in [-0.25, -0.2) is 0 Å². The van der Waals surface area contributed by atoms with Crippen molar-refractivity contribution in [1.82, 2.24) is 4.90 Å². The summed E-state index contributed by atoms with van der Waals surface area (Å²) in [6.07, 6.45) is 1.02. The predicted octanol–water partition coefficient (Wildman–Crippen LogP) is 2.50. The lowest BCUT2D eigenvalue weighted by Gasteiger charge is -2.36. The number of benzene rings is 1. The maximum atomic E-state index is 12.6. The highest BCUT2D eigenvalue weighted by Gasteiger charge is 2.57. The summed E-state index contributed by atoms with van der Waals surface area (Å²) in [6.45, 7) is 1.92. The number of nitrogens with zero attached hydrogens (tertiary/aromatic N) is 1. The molecule has 1 saturated heterocycles. The minimum Gasteiger partial charge on any atom is -0.502 e. The van der Waals surface area contributed by atoms with E-state index in [0.29, 0.717) is 30.0 Å². The number of carbonyl (C=O) groups excluding carboxylic acids is 2. The average molecular weight is 308 g/mol. The summed E-state index contributed by atoms with van der Waals surface area (Å²) in [6, 6.07) is 6.52. The van der Waals surface area contributed by atoms with Gasteiger partial charge in [-0.15, -0.1) is 0 Å². The molecule has 21 heavy (non-hydrogen) atoms. The molecule has 1 aromatic carbocycles. The number of hydrogen-bond acceptors (Lipinski definition) is 4. The van der Waals surface area contributed by atoms with Crippen molar-refractivity contribution < 1.29 is 19.4 Å². The van der Waals surface area contributed by atoms with Crippen molar-refractivity contribution in [2.24, 2.45) is 0 Å². The molecule has 0 saturated carbocycles. The minimum atomic E-state index is -1.60. The van der Waals surface area contributed by atoms with Gasteiger partial charge in [0.15, 0.2) is 0 Å². The highest BCUT2D eigenvalue weighted by molar-refractivity contribution is 6.30. The number of carbonyl (C=O) groups is 2. The highest BCUT2D eigenvalue weighted by Crippen LogP contribution is 2.43. The van der Waals surface area contributed by atoms with Gasteiger partial charge in [0, 0.05) is 23.6 Å². The number of ether oxygens (including phenoxy) is 1. The zero-order valence-electron chi connectivity index (χ0n) is 11.4. The normalized spacial score (nSPS) is 25.7. The zero-order chi connectivity index (χ0) is 15.2. The lowest BCUT2D eigenvalue weighted by molar-refractivity contribution is -0.168. The Morgan fingerprint density at radius 1 is 1.29 bits per heavy atom. The Labute approximate surface area is 126 Å². The number of aliphatic hydroxyl groups is 1. The standard InChI is InChI=1S/C15H14ClNO4/c1-9-13(19)14(20)15(21-9,17-8-2-3-12(17)18)10-4-6-11(16)7-5-10/h4-7,19H,2-3,8H2,1H3. The molecular formula is C15H14ClNO4. The fraction of sp³-hybridized carbons (Fsp3) is 0.333. The predicted molar refractivity (Wildman–Crippen MR) is 75.5 cm³/mol. The molecular weight excluding hydrogens is 294 g/mol. The van der Waals surface area contributed by atoms with E-state index < -0.39 is 17.3 Å². The van der Waals surface area contributed by atoms with Crippen LogP contribution in [-0.2, 0) is 20.1 Å². The van der Waals surface area contributed by atoms with Crippen molar-refractivity contribution in [3.05, 3.63) is 46.4 Å². The average Bonchev–Trinajstić information content (AvgIpc) is 2.98. The van der Waals surface area contributed by atoms with Crippen molar-refractivity contribution in [2.45, 2.75) is 25.5 Å². The second-order valence-electron chi connectivity index (χ2n) is 5.14. The van der Waals surface area contributed by atoms with Crippen LogP contribution >= 0.6 is 11.6 Å². The van der Waals surface area contributed by atoms with E-state index in [2.05, 4.69) is 0 Å².